The summed E-state index contributed by atoms with van der Waals surface area (Å²) < 4.78 is 0. The van der Waals surface area contributed by atoms with Gasteiger partial charge in [-0.15, -0.1) is 0 Å². The van der Waals surface area contributed by atoms with E-state index in [1.165, 1.54) is 12.8 Å². The molecule has 1 aliphatic rings. The van der Waals surface area contributed by atoms with E-state index in [2.05, 4.69) is 11.8 Å². The summed E-state index contributed by atoms with van der Waals surface area (Å²) in [6, 6.07) is 0.524. The summed E-state index contributed by atoms with van der Waals surface area (Å²) in [5, 5.41) is 9.26. The highest BCUT2D eigenvalue weighted by Crippen LogP contribution is 2.34. The van der Waals surface area contributed by atoms with Crippen molar-refractivity contribution in [1.29, 1.82) is 0 Å². The second-order valence-electron chi connectivity index (χ2n) is 4.36. The van der Waals surface area contributed by atoms with Crippen LogP contribution >= 0.6 is 0 Å². The lowest BCUT2D eigenvalue weighted by Crippen LogP contribution is -2.53. The van der Waals surface area contributed by atoms with Crippen LogP contribution in [0.15, 0.2) is 0 Å². The molecule has 0 spiro atoms. The van der Waals surface area contributed by atoms with E-state index in [0.29, 0.717) is 12.5 Å². The summed E-state index contributed by atoms with van der Waals surface area (Å²) >= 11 is 0. The Morgan fingerprint density at radius 2 is 2.07 bits per heavy atom. The molecule has 1 rings (SSSR count). The van der Waals surface area contributed by atoms with Gasteiger partial charge in [0, 0.05) is 6.04 Å². The lowest BCUT2D eigenvalue weighted by atomic mass is 9.96. The minimum absolute atomic E-state index is 0.524. The van der Waals surface area contributed by atoms with Gasteiger partial charge in [-0.25, -0.2) is 0 Å². The van der Waals surface area contributed by atoms with Gasteiger partial charge in [0.05, 0.1) is 0 Å². The van der Waals surface area contributed by atoms with Crippen molar-refractivity contribution in [2.45, 2.75) is 58.0 Å². The van der Waals surface area contributed by atoms with Crippen molar-refractivity contribution in [2.75, 3.05) is 6.54 Å². The maximum absolute atomic E-state index is 11.3. The SMILES string of the molecule is CCCN(C1CC1)C(C)(CC)C(=O)O. The average Bonchev–Trinajstić information content (AvgIpc) is 2.96. The van der Waals surface area contributed by atoms with Gasteiger partial charge in [0.25, 0.3) is 0 Å². The molecule has 0 amide bonds. The first kappa shape index (κ1) is 11.5. The first-order valence-corrected chi connectivity index (χ1v) is 5.56. The van der Waals surface area contributed by atoms with Crippen LogP contribution < -0.4 is 0 Å². The highest BCUT2D eigenvalue weighted by atomic mass is 16.4. The predicted octanol–water partition coefficient (Wildman–Crippen LogP) is 2.11. The minimum atomic E-state index is -0.680. The zero-order valence-electron chi connectivity index (χ0n) is 9.42. The smallest absolute Gasteiger partial charge is 0.323 e. The zero-order valence-corrected chi connectivity index (χ0v) is 9.42. The number of aliphatic carboxylic acids is 1. The molecule has 0 radical (unpaired) electrons. The maximum atomic E-state index is 11.3. The van der Waals surface area contributed by atoms with E-state index < -0.39 is 11.5 Å². The Kier molecular flexibility index (Phi) is 3.53. The Bertz CT molecular complexity index is 213. The van der Waals surface area contributed by atoms with Crippen LogP contribution in [0.5, 0.6) is 0 Å². The molecule has 1 atom stereocenters. The molecule has 1 fully saturated rings. The number of nitrogens with zero attached hydrogens (tertiary/aromatic N) is 1. The second-order valence-corrected chi connectivity index (χ2v) is 4.36. The molecule has 1 N–H and O–H groups in total. The van der Waals surface area contributed by atoms with Crippen LogP contribution in [-0.2, 0) is 4.79 Å². The highest BCUT2D eigenvalue weighted by molar-refractivity contribution is 5.78. The molecule has 3 nitrogen and oxygen atoms in total. The van der Waals surface area contributed by atoms with Crippen molar-refractivity contribution in [3.05, 3.63) is 0 Å². The standard InChI is InChI=1S/C11H21NO2/c1-4-8-12(9-6-7-9)11(3,5-2)10(13)14/h9H,4-8H2,1-3H3,(H,13,14). The molecule has 0 aliphatic heterocycles. The van der Waals surface area contributed by atoms with Crippen LogP contribution in [0.2, 0.25) is 0 Å². The van der Waals surface area contributed by atoms with E-state index in [9.17, 15) is 9.90 Å². The second kappa shape index (κ2) is 4.30. The first-order valence-electron chi connectivity index (χ1n) is 5.56. The molecule has 0 heterocycles. The summed E-state index contributed by atoms with van der Waals surface area (Å²) in [6.07, 6.45) is 4.05. The molecule has 0 saturated heterocycles. The van der Waals surface area contributed by atoms with Crippen LogP contribution in [0.3, 0.4) is 0 Å². The lowest BCUT2D eigenvalue weighted by Gasteiger charge is -2.37. The largest absolute Gasteiger partial charge is 0.480 e. The van der Waals surface area contributed by atoms with Gasteiger partial charge < -0.3 is 5.11 Å². The van der Waals surface area contributed by atoms with Crippen LogP contribution in [0.4, 0.5) is 0 Å². The normalized spacial score (nSPS) is 20.9. The molecule has 1 unspecified atom stereocenters. The Morgan fingerprint density at radius 1 is 1.50 bits per heavy atom. The summed E-state index contributed by atoms with van der Waals surface area (Å²) in [5.74, 6) is -0.680. The number of hydrogen-bond donors (Lipinski definition) is 1. The fourth-order valence-corrected chi connectivity index (χ4v) is 1.94. The Morgan fingerprint density at radius 3 is 2.36 bits per heavy atom. The number of carbonyl (C=O) groups is 1. The third kappa shape index (κ3) is 2.08. The third-order valence-corrected chi connectivity index (χ3v) is 3.24. The minimum Gasteiger partial charge on any atom is -0.480 e. The molecule has 1 aliphatic carbocycles. The monoisotopic (exact) mass is 199 g/mol. The van der Waals surface area contributed by atoms with Crippen LogP contribution in [-0.4, -0.2) is 34.1 Å². The molecular formula is C11H21NO2. The van der Waals surface area contributed by atoms with Gasteiger partial charge in [0.1, 0.15) is 5.54 Å². The molecule has 0 aromatic heterocycles. The predicted molar refractivity (Wildman–Crippen MR) is 56.4 cm³/mol. The van der Waals surface area contributed by atoms with Gasteiger partial charge in [-0.2, -0.15) is 0 Å². The molecular weight excluding hydrogens is 178 g/mol. The Labute approximate surface area is 86.1 Å². The van der Waals surface area contributed by atoms with Crippen molar-refractivity contribution in [3.63, 3.8) is 0 Å². The Hall–Kier alpha value is -0.570. The molecule has 14 heavy (non-hydrogen) atoms. The number of carboxylic acid groups (broad SMARTS) is 1. The highest BCUT2D eigenvalue weighted by Gasteiger charge is 2.44. The van der Waals surface area contributed by atoms with Gasteiger partial charge >= 0.3 is 5.97 Å². The van der Waals surface area contributed by atoms with Gasteiger partial charge in [-0.05, 0) is 39.2 Å². The van der Waals surface area contributed by atoms with E-state index in [1.54, 1.807) is 0 Å². The molecule has 82 valence electrons. The fourth-order valence-electron chi connectivity index (χ4n) is 1.94. The van der Waals surface area contributed by atoms with Gasteiger partial charge in [0.2, 0.25) is 0 Å². The van der Waals surface area contributed by atoms with Crippen molar-refractivity contribution in [2.24, 2.45) is 0 Å². The van der Waals surface area contributed by atoms with Gasteiger partial charge in [0.15, 0.2) is 0 Å². The number of rotatable bonds is 6. The quantitative estimate of drug-likeness (QED) is 0.712. The number of carboxylic acids is 1. The molecule has 0 aromatic rings. The molecule has 0 aromatic carbocycles. The van der Waals surface area contributed by atoms with Crippen LogP contribution in [0.25, 0.3) is 0 Å². The summed E-state index contributed by atoms with van der Waals surface area (Å²) in [5.41, 5.74) is -0.656. The van der Waals surface area contributed by atoms with E-state index in [-0.39, 0.29) is 0 Å². The lowest BCUT2D eigenvalue weighted by molar-refractivity contribution is -0.151. The van der Waals surface area contributed by atoms with Crippen LogP contribution in [0.1, 0.15) is 46.5 Å². The van der Waals surface area contributed by atoms with Crippen molar-refractivity contribution in [1.82, 2.24) is 4.90 Å². The van der Waals surface area contributed by atoms with E-state index in [4.69, 9.17) is 0 Å². The van der Waals surface area contributed by atoms with E-state index >= 15 is 0 Å². The summed E-state index contributed by atoms with van der Waals surface area (Å²) in [6.45, 7) is 6.82. The van der Waals surface area contributed by atoms with Crippen molar-refractivity contribution < 1.29 is 9.90 Å². The Balaban J connectivity index is 2.76. The average molecular weight is 199 g/mol. The summed E-state index contributed by atoms with van der Waals surface area (Å²) in [7, 11) is 0. The van der Waals surface area contributed by atoms with Crippen LogP contribution in [0, 0.1) is 0 Å². The first-order chi connectivity index (χ1) is 6.56. The number of hydrogen-bond acceptors (Lipinski definition) is 2. The van der Waals surface area contributed by atoms with Crippen molar-refractivity contribution >= 4 is 5.97 Å². The third-order valence-electron chi connectivity index (χ3n) is 3.24. The molecule has 3 heteroatoms. The topological polar surface area (TPSA) is 40.5 Å². The fraction of sp³-hybridized carbons (Fsp3) is 0.909. The zero-order chi connectivity index (χ0) is 10.8. The van der Waals surface area contributed by atoms with Gasteiger partial charge in [-0.1, -0.05) is 13.8 Å². The van der Waals surface area contributed by atoms with E-state index in [1.807, 2.05) is 13.8 Å². The molecule has 1 saturated carbocycles. The summed E-state index contributed by atoms with van der Waals surface area (Å²) in [4.78, 5) is 13.4. The van der Waals surface area contributed by atoms with Gasteiger partial charge in [-0.3, -0.25) is 9.69 Å². The maximum Gasteiger partial charge on any atom is 0.323 e. The molecule has 0 bridgehead atoms. The van der Waals surface area contributed by atoms with Crippen molar-refractivity contribution in [3.8, 4) is 0 Å². The van der Waals surface area contributed by atoms with E-state index in [0.717, 1.165) is 13.0 Å².